The lowest BCUT2D eigenvalue weighted by Gasteiger charge is -2.08. The van der Waals surface area contributed by atoms with Crippen LogP contribution in [0.5, 0.6) is 11.5 Å². The van der Waals surface area contributed by atoms with E-state index >= 15 is 0 Å². The second-order valence-electron chi connectivity index (χ2n) is 5.35. The lowest BCUT2D eigenvalue weighted by atomic mass is 10.1. The van der Waals surface area contributed by atoms with Crippen molar-refractivity contribution >= 4 is 23.9 Å². The van der Waals surface area contributed by atoms with E-state index in [-0.39, 0.29) is 17.3 Å². The van der Waals surface area contributed by atoms with Crippen molar-refractivity contribution in [2.75, 3.05) is 7.11 Å². The molecule has 2 aromatic carbocycles. The Kier molecular flexibility index (Phi) is 4.79. The Morgan fingerprint density at radius 1 is 1.15 bits per heavy atom. The Balaban J connectivity index is 1.92. The van der Waals surface area contributed by atoms with Crippen LogP contribution in [0.2, 0.25) is 0 Å². The van der Waals surface area contributed by atoms with Gasteiger partial charge in [-0.15, -0.1) is 0 Å². The van der Waals surface area contributed by atoms with Crippen molar-refractivity contribution in [1.82, 2.24) is 0 Å². The average molecular weight is 355 g/mol. The summed E-state index contributed by atoms with van der Waals surface area (Å²) in [4.78, 5) is 27.4. The Bertz CT molecular complexity index is 931. The zero-order chi connectivity index (χ0) is 18.7. The molecule has 3 rings (SSSR count). The molecular formula is C19H14FNO5. The van der Waals surface area contributed by atoms with E-state index in [2.05, 4.69) is 4.99 Å². The van der Waals surface area contributed by atoms with Gasteiger partial charge in [-0.25, -0.2) is 14.2 Å². The predicted octanol–water partition coefficient (Wildman–Crippen LogP) is 3.10. The fourth-order valence-electron chi connectivity index (χ4n) is 2.30. The van der Waals surface area contributed by atoms with Crippen LogP contribution in [0.15, 0.2) is 53.2 Å². The smallest absolute Gasteiger partial charge is 0.363 e. The van der Waals surface area contributed by atoms with E-state index < -0.39 is 17.8 Å². The number of halogens is 1. The van der Waals surface area contributed by atoms with Gasteiger partial charge in [0.25, 0.3) is 0 Å². The van der Waals surface area contributed by atoms with Crippen molar-refractivity contribution in [1.29, 1.82) is 0 Å². The summed E-state index contributed by atoms with van der Waals surface area (Å²) in [6.07, 6.45) is 1.49. The Labute approximate surface area is 148 Å². The summed E-state index contributed by atoms with van der Waals surface area (Å²) in [7, 11) is 1.45. The molecule has 0 amide bonds. The summed E-state index contributed by atoms with van der Waals surface area (Å²) < 4.78 is 28.3. The molecule has 0 aliphatic carbocycles. The topological polar surface area (TPSA) is 74.2 Å². The second kappa shape index (κ2) is 7.18. The number of carbonyl (C=O) groups excluding carboxylic acids is 2. The third kappa shape index (κ3) is 3.77. The van der Waals surface area contributed by atoms with E-state index in [9.17, 15) is 14.0 Å². The number of hydrogen-bond donors (Lipinski definition) is 0. The highest BCUT2D eigenvalue weighted by Gasteiger charge is 2.24. The van der Waals surface area contributed by atoms with Crippen molar-refractivity contribution in [2.45, 2.75) is 6.92 Å². The number of methoxy groups -OCH3 is 1. The van der Waals surface area contributed by atoms with Gasteiger partial charge in [-0.3, -0.25) is 4.79 Å². The van der Waals surface area contributed by atoms with Gasteiger partial charge >= 0.3 is 11.9 Å². The zero-order valence-electron chi connectivity index (χ0n) is 14.0. The number of rotatable bonds is 4. The molecule has 2 aromatic rings. The molecule has 0 aromatic heterocycles. The van der Waals surface area contributed by atoms with Gasteiger partial charge < -0.3 is 14.2 Å². The van der Waals surface area contributed by atoms with Gasteiger partial charge in [0.1, 0.15) is 5.82 Å². The van der Waals surface area contributed by atoms with Gasteiger partial charge in [0.05, 0.1) is 7.11 Å². The maximum atomic E-state index is 13.0. The maximum Gasteiger partial charge on any atom is 0.363 e. The van der Waals surface area contributed by atoms with E-state index in [1.807, 2.05) is 0 Å². The molecule has 0 spiro atoms. The van der Waals surface area contributed by atoms with E-state index in [4.69, 9.17) is 14.2 Å². The SMILES string of the molecule is COc1ccc(/C=C2/N=C(c3ccc(F)cc3)OC2=O)cc1OC(C)=O. The number of esters is 2. The first-order valence-electron chi connectivity index (χ1n) is 7.61. The molecule has 0 saturated carbocycles. The van der Waals surface area contributed by atoms with Crippen LogP contribution < -0.4 is 9.47 Å². The van der Waals surface area contributed by atoms with Crippen LogP contribution in [0.4, 0.5) is 4.39 Å². The number of cyclic esters (lactones) is 1. The van der Waals surface area contributed by atoms with Gasteiger partial charge in [0.15, 0.2) is 17.2 Å². The molecule has 0 unspecified atom stereocenters. The largest absolute Gasteiger partial charge is 0.493 e. The fourth-order valence-corrected chi connectivity index (χ4v) is 2.30. The average Bonchev–Trinajstić information content (AvgIpc) is 2.96. The molecule has 0 atom stereocenters. The van der Waals surface area contributed by atoms with Crippen molar-refractivity contribution in [3.05, 3.63) is 65.1 Å². The third-order valence-corrected chi connectivity index (χ3v) is 3.46. The van der Waals surface area contributed by atoms with Crippen molar-refractivity contribution < 1.29 is 28.2 Å². The number of carbonyl (C=O) groups is 2. The quantitative estimate of drug-likeness (QED) is 0.479. The summed E-state index contributed by atoms with van der Waals surface area (Å²) in [6.45, 7) is 1.28. The molecule has 26 heavy (non-hydrogen) atoms. The highest BCUT2D eigenvalue weighted by Crippen LogP contribution is 2.30. The molecule has 1 aliphatic rings. The van der Waals surface area contributed by atoms with Gasteiger partial charge in [-0.05, 0) is 48.0 Å². The molecule has 6 nitrogen and oxygen atoms in total. The lowest BCUT2D eigenvalue weighted by Crippen LogP contribution is -2.05. The molecule has 0 radical (unpaired) electrons. The molecule has 132 valence electrons. The highest BCUT2D eigenvalue weighted by molar-refractivity contribution is 6.12. The van der Waals surface area contributed by atoms with Gasteiger partial charge in [-0.2, -0.15) is 0 Å². The van der Waals surface area contributed by atoms with Crippen molar-refractivity contribution in [3.8, 4) is 11.5 Å². The summed E-state index contributed by atoms with van der Waals surface area (Å²) in [5, 5.41) is 0. The van der Waals surface area contributed by atoms with E-state index in [0.29, 0.717) is 16.9 Å². The molecule has 1 heterocycles. The van der Waals surface area contributed by atoms with Crippen molar-refractivity contribution in [3.63, 3.8) is 0 Å². The molecule has 0 bridgehead atoms. The summed E-state index contributed by atoms with van der Waals surface area (Å²) in [5.41, 5.74) is 1.12. The number of benzene rings is 2. The first-order chi connectivity index (χ1) is 12.5. The molecule has 0 fully saturated rings. The van der Waals surface area contributed by atoms with Gasteiger partial charge in [0.2, 0.25) is 5.90 Å². The Morgan fingerprint density at radius 3 is 2.54 bits per heavy atom. The van der Waals surface area contributed by atoms with E-state index in [1.54, 1.807) is 18.2 Å². The Hall–Kier alpha value is -3.48. The van der Waals surface area contributed by atoms with Gasteiger partial charge in [-0.1, -0.05) is 6.07 Å². The highest BCUT2D eigenvalue weighted by atomic mass is 19.1. The third-order valence-electron chi connectivity index (χ3n) is 3.46. The zero-order valence-corrected chi connectivity index (χ0v) is 14.0. The first-order valence-corrected chi connectivity index (χ1v) is 7.61. The maximum absolute atomic E-state index is 13.0. The fraction of sp³-hybridized carbons (Fsp3) is 0.105. The number of aliphatic imine (C=N–C) groups is 1. The van der Waals surface area contributed by atoms with Crippen LogP contribution in [-0.2, 0) is 14.3 Å². The van der Waals surface area contributed by atoms with E-state index in [1.165, 1.54) is 44.4 Å². The lowest BCUT2D eigenvalue weighted by molar-refractivity contribution is -0.132. The van der Waals surface area contributed by atoms with Crippen LogP contribution in [0, 0.1) is 5.82 Å². The molecule has 1 aliphatic heterocycles. The minimum Gasteiger partial charge on any atom is -0.493 e. The Morgan fingerprint density at radius 2 is 1.88 bits per heavy atom. The summed E-state index contributed by atoms with van der Waals surface area (Å²) in [6, 6.07) is 10.3. The van der Waals surface area contributed by atoms with Crippen LogP contribution >= 0.6 is 0 Å². The second-order valence-corrected chi connectivity index (χ2v) is 5.35. The molecule has 7 heteroatoms. The molecule has 0 saturated heterocycles. The summed E-state index contributed by atoms with van der Waals surface area (Å²) >= 11 is 0. The molecular weight excluding hydrogens is 341 g/mol. The summed E-state index contributed by atoms with van der Waals surface area (Å²) in [5.74, 6) is -0.824. The standard InChI is InChI=1S/C19H14FNO5/c1-11(22)25-17-10-12(3-8-16(17)24-2)9-15-19(23)26-18(21-15)13-4-6-14(20)7-5-13/h3-10H,1-2H3/b15-9+. The minimum atomic E-state index is -0.630. The number of ether oxygens (including phenoxy) is 3. The predicted molar refractivity (Wildman–Crippen MR) is 91.3 cm³/mol. The monoisotopic (exact) mass is 355 g/mol. The van der Waals surface area contributed by atoms with E-state index in [0.717, 1.165) is 0 Å². The van der Waals surface area contributed by atoms with Crippen LogP contribution in [0.3, 0.4) is 0 Å². The first kappa shape index (κ1) is 17.3. The minimum absolute atomic E-state index is 0.0725. The van der Waals surface area contributed by atoms with Crippen LogP contribution in [0.1, 0.15) is 18.1 Å². The van der Waals surface area contributed by atoms with Crippen LogP contribution in [0.25, 0.3) is 6.08 Å². The molecule has 0 N–H and O–H groups in total. The van der Waals surface area contributed by atoms with Crippen molar-refractivity contribution in [2.24, 2.45) is 4.99 Å². The van der Waals surface area contributed by atoms with Crippen LogP contribution in [-0.4, -0.2) is 24.9 Å². The number of hydrogen-bond acceptors (Lipinski definition) is 6. The normalized spacial score (nSPS) is 14.8. The number of nitrogens with zero attached hydrogens (tertiary/aromatic N) is 1. The van der Waals surface area contributed by atoms with Gasteiger partial charge in [0, 0.05) is 12.5 Å².